The van der Waals surface area contributed by atoms with Crippen LogP contribution in [-0.4, -0.2) is 30.3 Å². The molecule has 0 amide bonds. The lowest BCUT2D eigenvalue weighted by molar-refractivity contribution is 0.00578. The Hall–Kier alpha value is -2.83. The van der Waals surface area contributed by atoms with E-state index in [-0.39, 0.29) is 23.7 Å². The van der Waals surface area contributed by atoms with Gasteiger partial charge in [0.2, 0.25) is 5.72 Å². The summed E-state index contributed by atoms with van der Waals surface area (Å²) in [5, 5.41) is 5.72. The number of fused-ring (bicyclic) bond motifs is 4. The molecule has 3 heterocycles. The molecule has 1 unspecified atom stereocenters. The average molecular weight is 440 g/mol. The maximum Gasteiger partial charge on any atom is 0.494 e. The van der Waals surface area contributed by atoms with Crippen molar-refractivity contribution in [1.29, 1.82) is 0 Å². The summed E-state index contributed by atoms with van der Waals surface area (Å²) in [4.78, 5) is 4.93. The molecule has 6 heteroatoms. The van der Waals surface area contributed by atoms with Crippen LogP contribution in [0.1, 0.15) is 47.1 Å². The second-order valence-electron chi connectivity index (χ2n) is 10.9. The Labute approximate surface area is 195 Å². The molecule has 6 rings (SSSR count). The first kappa shape index (κ1) is 20.8. The van der Waals surface area contributed by atoms with Crippen molar-refractivity contribution in [3.8, 4) is 5.75 Å². The van der Waals surface area contributed by atoms with Gasteiger partial charge in [0, 0.05) is 11.1 Å². The Balaban J connectivity index is 1.37. The van der Waals surface area contributed by atoms with Crippen LogP contribution in [0.25, 0.3) is 10.8 Å². The summed E-state index contributed by atoms with van der Waals surface area (Å²) in [7, 11) is -0.388. The van der Waals surface area contributed by atoms with Crippen molar-refractivity contribution in [1.82, 2.24) is 0 Å². The molecule has 0 radical (unpaired) electrons. The van der Waals surface area contributed by atoms with Crippen LogP contribution in [-0.2, 0) is 14.7 Å². The van der Waals surface area contributed by atoms with E-state index < -0.39 is 5.72 Å². The van der Waals surface area contributed by atoms with Crippen LogP contribution < -0.4 is 15.5 Å². The van der Waals surface area contributed by atoms with E-state index >= 15 is 0 Å². The van der Waals surface area contributed by atoms with E-state index in [2.05, 4.69) is 89.3 Å². The molecule has 0 aliphatic carbocycles. The van der Waals surface area contributed by atoms with Crippen molar-refractivity contribution in [2.24, 2.45) is 4.99 Å². The van der Waals surface area contributed by atoms with Gasteiger partial charge in [-0.25, -0.2) is 0 Å². The first-order valence-electron chi connectivity index (χ1n) is 11.6. The van der Waals surface area contributed by atoms with Crippen molar-refractivity contribution in [3.63, 3.8) is 0 Å². The fourth-order valence-electron chi connectivity index (χ4n) is 5.05. The molecule has 1 atom stereocenters. The Morgan fingerprint density at radius 3 is 2.30 bits per heavy atom. The zero-order valence-corrected chi connectivity index (χ0v) is 20.0. The molecule has 3 aromatic rings. The van der Waals surface area contributed by atoms with E-state index in [4.69, 9.17) is 19.0 Å². The summed E-state index contributed by atoms with van der Waals surface area (Å²) in [5.74, 6) is 0.779. The number of aliphatic imine (C=N–C) groups is 1. The van der Waals surface area contributed by atoms with Gasteiger partial charge in [0.05, 0.1) is 22.8 Å². The predicted octanol–water partition coefficient (Wildman–Crippen LogP) is 5.33. The van der Waals surface area contributed by atoms with E-state index in [0.717, 1.165) is 33.4 Å². The van der Waals surface area contributed by atoms with Crippen LogP contribution in [0.3, 0.4) is 0 Å². The van der Waals surface area contributed by atoms with Crippen molar-refractivity contribution in [2.75, 3.05) is 5.32 Å². The highest BCUT2D eigenvalue weighted by atomic mass is 16.7. The van der Waals surface area contributed by atoms with E-state index in [9.17, 15) is 0 Å². The molecule has 168 valence electrons. The van der Waals surface area contributed by atoms with E-state index in [1.165, 1.54) is 5.56 Å². The minimum Gasteiger partial charge on any atom is -0.460 e. The second-order valence-corrected chi connectivity index (χ2v) is 10.9. The Kier molecular flexibility index (Phi) is 4.02. The molecule has 0 aromatic heterocycles. The molecular weight excluding hydrogens is 411 g/mol. The number of hydrogen-bond donors (Lipinski definition) is 1. The quantitative estimate of drug-likeness (QED) is 0.520. The minimum atomic E-state index is -0.722. The molecule has 0 saturated carbocycles. The monoisotopic (exact) mass is 440 g/mol. The van der Waals surface area contributed by atoms with Gasteiger partial charge in [-0.2, -0.15) is 0 Å². The smallest absolute Gasteiger partial charge is 0.460 e. The van der Waals surface area contributed by atoms with Crippen LogP contribution in [0.4, 0.5) is 11.4 Å². The lowest BCUT2D eigenvalue weighted by Crippen LogP contribution is -2.56. The topological polar surface area (TPSA) is 52.1 Å². The standard InChI is InChI=1S/C27H29BN2O3/c1-24(2)20-9-7-8-10-21(20)30-27(24)16-29-23-19-13-12-18(15-17(19)11-14-22(23)31-27)28-32-25(3,4)26(5,6)33-28/h7-16,30H,1-6H3. The number of anilines is 1. The number of hydrogen-bond acceptors (Lipinski definition) is 5. The van der Waals surface area contributed by atoms with Gasteiger partial charge in [-0.05, 0) is 70.1 Å². The first-order valence-corrected chi connectivity index (χ1v) is 11.6. The van der Waals surface area contributed by atoms with Crippen molar-refractivity contribution < 1.29 is 14.0 Å². The average Bonchev–Trinajstić information content (AvgIpc) is 3.12. The van der Waals surface area contributed by atoms with Crippen molar-refractivity contribution in [2.45, 2.75) is 63.9 Å². The van der Waals surface area contributed by atoms with Crippen LogP contribution >= 0.6 is 0 Å². The normalized spacial score (nSPS) is 25.6. The molecule has 0 bridgehead atoms. The molecule has 1 spiro atoms. The van der Waals surface area contributed by atoms with Crippen LogP contribution in [0, 0.1) is 0 Å². The Bertz CT molecular complexity index is 1310. The number of nitrogens with zero attached hydrogens (tertiary/aromatic N) is 1. The zero-order chi connectivity index (χ0) is 23.2. The zero-order valence-electron chi connectivity index (χ0n) is 20.0. The predicted molar refractivity (Wildman–Crippen MR) is 134 cm³/mol. The Morgan fingerprint density at radius 2 is 1.58 bits per heavy atom. The number of nitrogens with one attached hydrogen (secondary N) is 1. The first-order chi connectivity index (χ1) is 15.5. The van der Waals surface area contributed by atoms with Gasteiger partial charge in [-0.3, -0.25) is 4.99 Å². The number of rotatable bonds is 1. The van der Waals surface area contributed by atoms with Gasteiger partial charge in [-0.1, -0.05) is 42.5 Å². The molecule has 3 aromatic carbocycles. The number of ether oxygens (including phenoxy) is 1. The summed E-state index contributed by atoms with van der Waals surface area (Å²) in [6.07, 6.45) is 1.93. The Morgan fingerprint density at radius 1 is 0.848 bits per heavy atom. The van der Waals surface area contributed by atoms with E-state index in [1.54, 1.807) is 0 Å². The van der Waals surface area contributed by atoms with E-state index in [1.807, 2.05) is 18.3 Å². The molecule has 5 nitrogen and oxygen atoms in total. The third kappa shape index (κ3) is 2.77. The lowest BCUT2D eigenvalue weighted by Gasteiger charge is -2.40. The van der Waals surface area contributed by atoms with E-state index in [0.29, 0.717) is 0 Å². The molecule has 1 N–H and O–H groups in total. The highest BCUT2D eigenvalue weighted by Crippen LogP contribution is 2.51. The van der Waals surface area contributed by atoms with Crippen LogP contribution in [0.15, 0.2) is 59.6 Å². The number of benzene rings is 3. The highest BCUT2D eigenvalue weighted by Gasteiger charge is 2.55. The van der Waals surface area contributed by atoms with Crippen molar-refractivity contribution in [3.05, 3.63) is 60.2 Å². The minimum absolute atomic E-state index is 0.277. The molecule has 33 heavy (non-hydrogen) atoms. The largest absolute Gasteiger partial charge is 0.494 e. The van der Waals surface area contributed by atoms with Gasteiger partial charge in [0.15, 0.2) is 0 Å². The fourth-order valence-corrected chi connectivity index (χ4v) is 5.05. The fraction of sp³-hybridized carbons (Fsp3) is 0.370. The lowest BCUT2D eigenvalue weighted by atomic mass is 9.77. The van der Waals surface area contributed by atoms with Crippen LogP contribution in [0.5, 0.6) is 5.75 Å². The van der Waals surface area contributed by atoms with Crippen LogP contribution in [0.2, 0.25) is 0 Å². The molecule has 1 saturated heterocycles. The summed E-state index contributed by atoms with van der Waals surface area (Å²) in [5.41, 5.74) is 2.44. The third-order valence-corrected chi connectivity index (χ3v) is 8.00. The van der Waals surface area contributed by atoms with Gasteiger partial charge in [-0.15, -0.1) is 0 Å². The molecule has 1 fully saturated rings. The van der Waals surface area contributed by atoms with Crippen molar-refractivity contribution >= 4 is 40.9 Å². The summed E-state index contributed by atoms with van der Waals surface area (Å²) in [6, 6.07) is 18.8. The third-order valence-electron chi connectivity index (χ3n) is 8.00. The highest BCUT2D eigenvalue weighted by molar-refractivity contribution is 6.62. The van der Waals surface area contributed by atoms with Gasteiger partial charge in [0.1, 0.15) is 11.4 Å². The second kappa shape index (κ2) is 6.40. The number of para-hydroxylation sites is 1. The molecule has 3 aliphatic heterocycles. The summed E-state index contributed by atoms with van der Waals surface area (Å²) in [6.45, 7) is 12.7. The molecule has 3 aliphatic rings. The SMILES string of the molecule is CC1(C)OB(c2ccc3c4c(ccc3c2)OC2(C=N4)Nc3ccccc3C2(C)C)OC1(C)C. The van der Waals surface area contributed by atoms with Gasteiger partial charge >= 0.3 is 7.12 Å². The van der Waals surface area contributed by atoms with Gasteiger partial charge < -0.3 is 19.4 Å². The van der Waals surface area contributed by atoms with Gasteiger partial charge in [0.25, 0.3) is 0 Å². The maximum atomic E-state index is 6.66. The maximum absolute atomic E-state index is 6.66. The molecular formula is C27H29BN2O3. The summed E-state index contributed by atoms with van der Waals surface area (Å²) >= 11 is 0. The summed E-state index contributed by atoms with van der Waals surface area (Å²) < 4.78 is 19.1.